The Labute approximate surface area is 156 Å². The van der Waals surface area contributed by atoms with Crippen molar-refractivity contribution in [3.05, 3.63) is 54.9 Å². The van der Waals surface area contributed by atoms with Crippen molar-refractivity contribution in [2.24, 2.45) is 0 Å². The highest BCUT2D eigenvalue weighted by Crippen LogP contribution is 2.44. The van der Waals surface area contributed by atoms with Crippen LogP contribution in [0.2, 0.25) is 0 Å². The molecule has 5 rings (SSSR count). The molecule has 1 aliphatic carbocycles. The highest BCUT2D eigenvalue weighted by atomic mass is 16.5. The topological polar surface area (TPSA) is 70.1 Å². The number of hydrogen-bond acceptors (Lipinski definition) is 5. The zero-order valence-corrected chi connectivity index (χ0v) is 15.1. The van der Waals surface area contributed by atoms with Crippen LogP contribution < -0.4 is 0 Å². The minimum Gasteiger partial charge on any atom is -0.383 e. The Kier molecular flexibility index (Phi) is 3.94. The van der Waals surface area contributed by atoms with Gasteiger partial charge in [0.25, 0.3) is 0 Å². The van der Waals surface area contributed by atoms with Gasteiger partial charge in [0.2, 0.25) is 0 Å². The minimum absolute atomic E-state index is 0.509. The second-order valence-corrected chi connectivity index (χ2v) is 6.82. The summed E-state index contributed by atoms with van der Waals surface area (Å²) in [5.74, 6) is 0.509. The Hall–Kier alpha value is -3.06. The van der Waals surface area contributed by atoms with Crippen molar-refractivity contribution in [1.29, 1.82) is 0 Å². The number of aromatic nitrogens is 6. The molecule has 0 atom stereocenters. The molecule has 0 radical (unpaired) electrons. The van der Waals surface area contributed by atoms with Crippen LogP contribution in [0.5, 0.6) is 0 Å². The van der Waals surface area contributed by atoms with Gasteiger partial charge in [0.05, 0.1) is 30.7 Å². The number of ether oxygens (including phenoxy) is 1. The van der Waals surface area contributed by atoms with E-state index in [2.05, 4.69) is 21.4 Å². The van der Waals surface area contributed by atoms with E-state index < -0.39 is 0 Å². The van der Waals surface area contributed by atoms with Crippen LogP contribution in [0.15, 0.2) is 49.2 Å². The molecule has 0 unspecified atom stereocenters. The molecule has 0 bridgehead atoms. The molecule has 4 aromatic heterocycles. The summed E-state index contributed by atoms with van der Waals surface area (Å²) in [5.41, 5.74) is 6.24. The largest absolute Gasteiger partial charge is 0.383 e. The lowest BCUT2D eigenvalue weighted by Gasteiger charge is -2.04. The Morgan fingerprint density at radius 1 is 1.07 bits per heavy atom. The van der Waals surface area contributed by atoms with Gasteiger partial charge in [-0.05, 0) is 36.6 Å². The van der Waals surface area contributed by atoms with Crippen molar-refractivity contribution < 1.29 is 4.74 Å². The van der Waals surface area contributed by atoms with Crippen molar-refractivity contribution in [2.45, 2.75) is 25.3 Å². The van der Waals surface area contributed by atoms with E-state index in [0.29, 0.717) is 12.5 Å². The molecule has 0 N–H and O–H groups in total. The average molecular weight is 360 g/mol. The number of methoxy groups -OCH3 is 1. The Bertz CT molecular complexity index is 1080. The Morgan fingerprint density at radius 3 is 2.70 bits per heavy atom. The van der Waals surface area contributed by atoms with Crippen LogP contribution in [0.3, 0.4) is 0 Å². The molecular weight excluding hydrogens is 340 g/mol. The maximum atomic E-state index is 5.16. The predicted octanol–water partition coefficient (Wildman–Crippen LogP) is 3.18. The standard InChI is InChI=1S/C20H20N6O/c1-27-11-10-25-13-16(12-23-25)19-18(15-2-3-15)24-20-17(6-9-22-26(19)20)14-4-7-21-8-5-14/h4-9,12-13,15H,2-3,10-11H2,1H3. The smallest absolute Gasteiger partial charge is 0.162 e. The summed E-state index contributed by atoms with van der Waals surface area (Å²) in [6.07, 6.45) is 11.7. The lowest BCUT2D eigenvalue weighted by atomic mass is 10.1. The van der Waals surface area contributed by atoms with Gasteiger partial charge in [0.1, 0.15) is 0 Å². The zero-order chi connectivity index (χ0) is 18.2. The van der Waals surface area contributed by atoms with Crippen molar-refractivity contribution in [1.82, 2.24) is 29.4 Å². The number of hydrogen-bond donors (Lipinski definition) is 0. The van der Waals surface area contributed by atoms with Crippen LogP contribution in [0, 0.1) is 0 Å². The van der Waals surface area contributed by atoms with Gasteiger partial charge < -0.3 is 4.74 Å². The third-order valence-corrected chi connectivity index (χ3v) is 4.93. The van der Waals surface area contributed by atoms with Crippen LogP contribution in [-0.2, 0) is 11.3 Å². The fourth-order valence-corrected chi connectivity index (χ4v) is 3.43. The quantitative estimate of drug-likeness (QED) is 0.528. The molecule has 136 valence electrons. The van der Waals surface area contributed by atoms with E-state index in [1.165, 1.54) is 12.8 Å². The highest BCUT2D eigenvalue weighted by molar-refractivity contribution is 5.80. The first-order valence-electron chi connectivity index (χ1n) is 9.15. The summed E-state index contributed by atoms with van der Waals surface area (Å²) >= 11 is 0. The second kappa shape index (κ2) is 6.59. The van der Waals surface area contributed by atoms with E-state index in [1.54, 1.807) is 19.5 Å². The Balaban J connectivity index is 1.67. The minimum atomic E-state index is 0.509. The third kappa shape index (κ3) is 2.90. The van der Waals surface area contributed by atoms with Gasteiger partial charge in [-0.15, -0.1) is 0 Å². The van der Waals surface area contributed by atoms with Gasteiger partial charge >= 0.3 is 0 Å². The summed E-state index contributed by atoms with van der Waals surface area (Å²) in [7, 11) is 1.70. The van der Waals surface area contributed by atoms with E-state index in [1.807, 2.05) is 39.8 Å². The van der Waals surface area contributed by atoms with Gasteiger partial charge in [-0.3, -0.25) is 9.67 Å². The summed E-state index contributed by atoms with van der Waals surface area (Å²) in [5, 5.41) is 9.10. The molecule has 27 heavy (non-hydrogen) atoms. The second-order valence-electron chi connectivity index (χ2n) is 6.82. The number of fused-ring (bicyclic) bond motifs is 1. The number of nitrogens with zero attached hydrogens (tertiary/aromatic N) is 6. The lowest BCUT2D eigenvalue weighted by Crippen LogP contribution is -2.03. The summed E-state index contributed by atoms with van der Waals surface area (Å²) in [4.78, 5) is 9.14. The first-order chi connectivity index (χ1) is 13.3. The molecule has 4 aromatic rings. The Morgan fingerprint density at radius 2 is 1.93 bits per heavy atom. The molecule has 0 saturated heterocycles. The van der Waals surface area contributed by atoms with Gasteiger partial charge in [0.15, 0.2) is 5.65 Å². The van der Waals surface area contributed by atoms with Crippen LogP contribution in [0.4, 0.5) is 0 Å². The number of imidazole rings is 1. The van der Waals surface area contributed by atoms with Gasteiger partial charge in [-0.25, -0.2) is 9.50 Å². The van der Waals surface area contributed by atoms with Crippen LogP contribution in [0.1, 0.15) is 24.5 Å². The third-order valence-electron chi connectivity index (χ3n) is 4.93. The van der Waals surface area contributed by atoms with Gasteiger partial charge in [-0.2, -0.15) is 10.2 Å². The number of rotatable bonds is 6. The lowest BCUT2D eigenvalue weighted by molar-refractivity contribution is 0.183. The molecule has 4 heterocycles. The SMILES string of the molecule is COCCn1cc(-c2c(C3CC3)nc3c(-c4ccncc4)ccnn23)cn1. The summed E-state index contributed by atoms with van der Waals surface area (Å²) in [6.45, 7) is 1.36. The first kappa shape index (κ1) is 16.1. The van der Waals surface area contributed by atoms with E-state index in [0.717, 1.165) is 40.3 Å². The molecular formula is C20H20N6O. The zero-order valence-electron chi connectivity index (χ0n) is 15.1. The molecule has 0 spiro atoms. The van der Waals surface area contributed by atoms with Gasteiger partial charge in [-0.1, -0.05) is 0 Å². The predicted molar refractivity (Wildman–Crippen MR) is 101 cm³/mol. The van der Waals surface area contributed by atoms with Crippen molar-refractivity contribution in [2.75, 3.05) is 13.7 Å². The molecule has 1 fully saturated rings. The molecule has 0 aromatic carbocycles. The summed E-state index contributed by atoms with van der Waals surface area (Å²) in [6, 6.07) is 6.02. The molecule has 1 aliphatic rings. The van der Waals surface area contributed by atoms with E-state index in [4.69, 9.17) is 9.72 Å². The van der Waals surface area contributed by atoms with Crippen LogP contribution >= 0.6 is 0 Å². The van der Waals surface area contributed by atoms with Crippen molar-refractivity contribution in [3.63, 3.8) is 0 Å². The highest BCUT2D eigenvalue weighted by Gasteiger charge is 2.32. The fraction of sp³-hybridized carbons (Fsp3) is 0.300. The molecule has 0 amide bonds. The van der Waals surface area contributed by atoms with Crippen molar-refractivity contribution in [3.8, 4) is 22.4 Å². The van der Waals surface area contributed by atoms with E-state index in [9.17, 15) is 0 Å². The maximum Gasteiger partial charge on any atom is 0.162 e. The maximum absolute atomic E-state index is 5.16. The van der Waals surface area contributed by atoms with Crippen LogP contribution in [0.25, 0.3) is 28.0 Å². The molecule has 7 nitrogen and oxygen atoms in total. The molecule has 7 heteroatoms. The fourth-order valence-electron chi connectivity index (χ4n) is 3.43. The van der Waals surface area contributed by atoms with E-state index in [-0.39, 0.29) is 0 Å². The monoisotopic (exact) mass is 360 g/mol. The normalized spacial score (nSPS) is 14.1. The number of pyridine rings is 1. The molecule has 0 aliphatic heterocycles. The molecule has 1 saturated carbocycles. The first-order valence-corrected chi connectivity index (χ1v) is 9.15. The van der Waals surface area contributed by atoms with Crippen LogP contribution in [-0.4, -0.2) is 43.1 Å². The van der Waals surface area contributed by atoms with E-state index >= 15 is 0 Å². The average Bonchev–Trinajstić information content (AvgIpc) is 3.33. The van der Waals surface area contributed by atoms with Crippen molar-refractivity contribution >= 4 is 5.65 Å². The van der Waals surface area contributed by atoms with Gasteiger partial charge in [0, 0.05) is 48.9 Å². The summed E-state index contributed by atoms with van der Waals surface area (Å²) < 4.78 is 9.02.